The van der Waals surface area contributed by atoms with Crippen molar-refractivity contribution in [1.82, 2.24) is 0 Å². The Morgan fingerprint density at radius 2 is 1.79 bits per heavy atom. The molecule has 2 rings (SSSR count). The normalized spacial score (nSPS) is 17.1. The summed E-state index contributed by atoms with van der Waals surface area (Å²) in [6, 6.07) is 3.27. The van der Waals surface area contributed by atoms with E-state index in [1.165, 1.54) is 19.9 Å². The van der Waals surface area contributed by atoms with Crippen LogP contribution in [0.3, 0.4) is 0 Å². The van der Waals surface area contributed by atoms with Gasteiger partial charge in [0.25, 0.3) is 5.79 Å². The van der Waals surface area contributed by atoms with Crippen molar-refractivity contribution in [3.05, 3.63) is 29.3 Å². The van der Waals surface area contributed by atoms with Crippen LogP contribution in [-0.4, -0.2) is 35.6 Å². The van der Waals surface area contributed by atoms with Gasteiger partial charge in [-0.1, -0.05) is 0 Å². The molecule has 0 unspecified atom stereocenters. The lowest BCUT2D eigenvalue weighted by atomic mass is 10.1. The van der Waals surface area contributed by atoms with E-state index in [-0.39, 0.29) is 11.3 Å². The van der Waals surface area contributed by atoms with Gasteiger partial charge in [0.05, 0.1) is 0 Å². The minimum atomic E-state index is -4.52. The zero-order valence-electron chi connectivity index (χ0n) is 12.6. The zero-order chi connectivity index (χ0) is 18.1. The van der Waals surface area contributed by atoms with Crippen molar-refractivity contribution >= 4 is 18.0 Å². The highest BCUT2D eigenvalue weighted by atomic mass is 19.4. The van der Waals surface area contributed by atoms with Crippen LogP contribution in [0, 0.1) is 0 Å². The summed E-state index contributed by atoms with van der Waals surface area (Å²) in [5.74, 6) is -3.97. The predicted molar refractivity (Wildman–Crippen MR) is 73.9 cm³/mol. The van der Waals surface area contributed by atoms with Gasteiger partial charge in [-0.05, 0) is 18.2 Å². The molecule has 0 saturated carbocycles. The Morgan fingerprint density at radius 1 is 1.21 bits per heavy atom. The number of halogens is 3. The number of cyclic esters (lactones) is 2. The van der Waals surface area contributed by atoms with E-state index in [1.807, 2.05) is 0 Å². The first-order valence-electron chi connectivity index (χ1n) is 6.68. The summed E-state index contributed by atoms with van der Waals surface area (Å²) in [7, 11) is 0. The first kappa shape index (κ1) is 17.6. The summed E-state index contributed by atoms with van der Waals surface area (Å²) in [5, 5.41) is 9.82. The monoisotopic (exact) mass is 346 g/mol. The quantitative estimate of drug-likeness (QED) is 0.515. The SMILES string of the molecule is CC1(C)OC(=O)C(=Cc2ccc(OCC(F)(F)F)cc2O)C(=O)O1. The van der Waals surface area contributed by atoms with Crippen molar-refractivity contribution in [3.8, 4) is 11.5 Å². The van der Waals surface area contributed by atoms with E-state index < -0.39 is 41.8 Å². The Morgan fingerprint density at radius 3 is 2.29 bits per heavy atom. The minimum Gasteiger partial charge on any atom is -0.507 e. The number of ether oxygens (including phenoxy) is 3. The van der Waals surface area contributed by atoms with Crippen molar-refractivity contribution < 1.29 is 42.1 Å². The van der Waals surface area contributed by atoms with Crippen molar-refractivity contribution in [2.45, 2.75) is 25.8 Å². The molecule has 1 aromatic rings. The number of hydrogen-bond donors (Lipinski definition) is 1. The third kappa shape index (κ3) is 4.40. The first-order chi connectivity index (χ1) is 11.0. The molecule has 1 aliphatic heterocycles. The number of carbonyl (C=O) groups excluding carboxylic acids is 2. The molecule has 0 atom stereocenters. The van der Waals surface area contributed by atoms with E-state index >= 15 is 0 Å². The zero-order valence-corrected chi connectivity index (χ0v) is 12.6. The van der Waals surface area contributed by atoms with Crippen LogP contribution < -0.4 is 4.74 Å². The fourth-order valence-electron chi connectivity index (χ4n) is 1.83. The lowest BCUT2D eigenvalue weighted by molar-refractivity contribution is -0.222. The van der Waals surface area contributed by atoms with E-state index in [1.54, 1.807) is 0 Å². The lowest BCUT2D eigenvalue weighted by Crippen LogP contribution is -2.41. The van der Waals surface area contributed by atoms with Crippen molar-refractivity contribution in [2.75, 3.05) is 6.61 Å². The number of aromatic hydroxyl groups is 1. The highest BCUT2D eigenvalue weighted by Crippen LogP contribution is 2.29. The van der Waals surface area contributed by atoms with E-state index in [0.29, 0.717) is 0 Å². The number of phenolic OH excluding ortho intramolecular Hbond substituents is 1. The Balaban J connectivity index is 2.21. The number of alkyl halides is 3. The van der Waals surface area contributed by atoms with Crippen LogP contribution in [0.5, 0.6) is 11.5 Å². The van der Waals surface area contributed by atoms with Gasteiger partial charge in [-0.2, -0.15) is 13.2 Å². The van der Waals surface area contributed by atoms with E-state index in [0.717, 1.165) is 18.2 Å². The molecule has 0 bridgehead atoms. The van der Waals surface area contributed by atoms with Crippen LogP contribution in [-0.2, 0) is 19.1 Å². The number of esters is 2. The van der Waals surface area contributed by atoms with Gasteiger partial charge in [-0.25, -0.2) is 9.59 Å². The molecule has 6 nitrogen and oxygen atoms in total. The molecular formula is C15H13F3O6. The fourth-order valence-corrected chi connectivity index (χ4v) is 1.83. The first-order valence-corrected chi connectivity index (χ1v) is 6.68. The van der Waals surface area contributed by atoms with E-state index in [9.17, 15) is 27.9 Å². The molecule has 0 aliphatic carbocycles. The summed E-state index contributed by atoms with van der Waals surface area (Å²) in [6.45, 7) is 1.24. The smallest absolute Gasteiger partial charge is 0.422 e. The molecule has 0 amide bonds. The van der Waals surface area contributed by atoms with E-state index in [2.05, 4.69) is 4.74 Å². The topological polar surface area (TPSA) is 82.1 Å². The van der Waals surface area contributed by atoms with Gasteiger partial charge in [-0.15, -0.1) is 0 Å². The number of phenols is 1. The summed E-state index contributed by atoms with van der Waals surface area (Å²) in [6.07, 6.45) is -3.50. The van der Waals surface area contributed by atoms with E-state index in [4.69, 9.17) is 9.47 Å². The Labute approximate surface area is 134 Å². The van der Waals surface area contributed by atoms with Gasteiger partial charge in [0.2, 0.25) is 0 Å². The van der Waals surface area contributed by atoms with Crippen LogP contribution in [0.4, 0.5) is 13.2 Å². The van der Waals surface area contributed by atoms with Gasteiger partial charge >= 0.3 is 18.1 Å². The van der Waals surface area contributed by atoms with Crippen LogP contribution in [0.1, 0.15) is 19.4 Å². The predicted octanol–water partition coefficient (Wildman–Crippen LogP) is 2.55. The van der Waals surface area contributed by atoms with Crippen LogP contribution in [0.15, 0.2) is 23.8 Å². The van der Waals surface area contributed by atoms with Crippen molar-refractivity contribution in [1.29, 1.82) is 0 Å². The number of hydrogen-bond acceptors (Lipinski definition) is 6. The van der Waals surface area contributed by atoms with Gasteiger partial charge in [0.15, 0.2) is 6.61 Å². The molecule has 1 fully saturated rings. The fraction of sp³-hybridized carbons (Fsp3) is 0.333. The van der Waals surface area contributed by atoms with Crippen LogP contribution in [0.25, 0.3) is 6.08 Å². The van der Waals surface area contributed by atoms with Crippen molar-refractivity contribution in [2.24, 2.45) is 0 Å². The maximum atomic E-state index is 12.1. The molecule has 24 heavy (non-hydrogen) atoms. The second kappa shape index (κ2) is 6.06. The van der Waals surface area contributed by atoms with Crippen LogP contribution >= 0.6 is 0 Å². The average Bonchev–Trinajstić information content (AvgIpc) is 2.40. The summed E-state index contributed by atoms with van der Waals surface area (Å²) in [5.41, 5.74) is -0.438. The molecular weight excluding hydrogens is 333 g/mol. The highest BCUT2D eigenvalue weighted by Gasteiger charge is 2.39. The van der Waals surface area contributed by atoms with Gasteiger partial charge in [-0.3, -0.25) is 0 Å². The Kier molecular flexibility index (Phi) is 4.46. The van der Waals surface area contributed by atoms with Gasteiger partial charge in [0.1, 0.15) is 17.1 Å². The molecule has 1 aliphatic rings. The minimum absolute atomic E-state index is 0.0120. The maximum absolute atomic E-state index is 12.1. The molecule has 0 aromatic heterocycles. The maximum Gasteiger partial charge on any atom is 0.422 e. The summed E-state index contributed by atoms with van der Waals surface area (Å²) < 4.78 is 50.5. The third-order valence-corrected chi connectivity index (χ3v) is 2.82. The molecule has 1 aromatic carbocycles. The Bertz CT molecular complexity index is 684. The molecule has 0 spiro atoms. The summed E-state index contributed by atoms with van der Waals surface area (Å²) >= 11 is 0. The van der Waals surface area contributed by atoms with Crippen molar-refractivity contribution in [3.63, 3.8) is 0 Å². The number of rotatable bonds is 3. The molecule has 9 heteroatoms. The largest absolute Gasteiger partial charge is 0.507 e. The molecule has 0 radical (unpaired) electrons. The molecule has 130 valence electrons. The van der Waals surface area contributed by atoms with Crippen LogP contribution in [0.2, 0.25) is 0 Å². The highest BCUT2D eigenvalue weighted by molar-refractivity contribution is 6.19. The standard InChI is InChI=1S/C15H13F3O6/c1-14(2)23-12(20)10(13(21)24-14)5-8-3-4-9(6-11(8)19)22-7-15(16,17)18/h3-6,19H,7H2,1-2H3. The molecule has 1 heterocycles. The second-order valence-corrected chi connectivity index (χ2v) is 5.36. The second-order valence-electron chi connectivity index (χ2n) is 5.36. The van der Waals surface area contributed by atoms with Gasteiger partial charge in [0, 0.05) is 25.5 Å². The number of benzene rings is 1. The molecule has 1 saturated heterocycles. The molecule has 1 N–H and O–H groups in total. The Hall–Kier alpha value is -2.71. The average molecular weight is 346 g/mol. The summed E-state index contributed by atoms with van der Waals surface area (Å²) in [4.78, 5) is 23.6. The number of carbonyl (C=O) groups is 2. The third-order valence-electron chi connectivity index (χ3n) is 2.82. The van der Waals surface area contributed by atoms with Gasteiger partial charge < -0.3 is 19.3 Å². The lowest BCUT2D eigenvalue weighted by Gasteiger charge is -2.29.